The van der Waals surface area contributed by atoms with Crippen molar-refractivity contribution >= 4 is 5.91 Å². The van der Waals surface area contributed by atoms with Gasteiger partial charge in [0.1, 0.15) is 0 Å². The molecule has 0 spiro atoms. The zero-order valence-electron chi connectivity index (χ0n) is 12.7. The SMILES string of the molecule is CCC(O)(CC)CNC(=O)CC1(NC)CCCCC1. The van der Waals surface area contributed by atoms with Crippen LogP contribution in [-0.2, 0) is 4.79 Å². The van der Waals surface area contributed by atoms with Gasteiger partial charge in [0.2, 0.25) is 5.91 Å². The molecule has 0 radical (unpaired) electrons. The average molecular weight is 270 g/mol. The van der Waals surface area contributed by atoms with Crippen LogP contribution < -0.4 is 10.6 Å². The third-order valence-corrected chi connectivity index (χ3v) is 4.77. The summed E-state index contributed by atoms with van der Waals surface area (Å²) in [6.45, 7) is 4.26. The second kappa shape index (κ2) is 7.25. The molecule has 0 atom stereocenters. The largest absolute Gasteiger partial charge is 0.388 e. The average Bonchev–Trinajstić information content (AvgIpc) is 2.46. The lowest BCUT2D eigenvalue weighted by molar-refractivity contribution is -0.124. The summed E-state index contributed by atoms with van der Waals surface area (Å²) in [5.74, 6) is 0.0524. The molecule has 4 nitrogen and oxygen atoms in total. The first-order chi connectivity index (χ1) is 8.99. The Labute approximate surface area is 117 Å². The van der Waals surface area contributed by atoms with Gasteiger partial charge in [-0.15, -0.1) is 0 Å². The maximum absolute atomic E-state index is 12.1. The van der Waals surface area contributed by atoms with E-state index in [2.05, 4.69) is 10.6 Å². The summed E-state index contributed by atoms with van der Waals surface area (Å²) in [5.41, 5.74) is -0.784. The van der Waals surface area contributed by atoms with Crippen LogP contribution >= 0.6 is 0 Å². The fourth-order valence-electron chi connectivity index (χ4n) is 2.88. The number of aliphatic hydroxyl groups is 1. The summed E-state index contributed by atoms with van der Waals surface area (Å²) in [7, 11) is 1.95. The molecule has 4 heteroatoms. The third-order valence-electron chi connectivity index (χ3n) is 4.77. The van der Waals surface area contributed by atoms with Crippen LogP contribution in [-0.4, -0.2) is 35.7 Å². The Bertz CT molecular complexity index is 282. The summed E-state index contributed by atoms with van der Waals surface area (Å²) in [6, 6.07) is 0. The molecule has 1 aliphatic rings. The van der Waals surface area contributed by atoms with Gasteiger partial charge >= 0.3 is 0 Å². The minimum absolute atomic E-state index is 0.0289. The van der Waals surface area contributed by atoms with Crippen LogP contribution in [0.3, 0.4) is 0 Å². The zero-order chi connectivity index (χ0) is 14.4. The van der Waals surface area contributed by atoms with Crippen molar-refractivity contribution in [3.63, 3.8) is 0 Å². The molecule has 0 aromatic carbocycles. The molecule has 112 valence electrons. The Morgan fingerprint density at radius 3 is 2.26 bits per heavy atom. The van der Waals surface area contributed by atoms with Gasteiger partial charge in [-0.1, -0.05) is 33.1 Å². The van der Waals surface area contributed by atoms with Gasteiger partial charge in [0.05, 0.1) is 5.60 Å². The first kappa shape index (κ1) is 16.4. The highest BCUT2D eigenvalue weighted by molar-refractivity contribution is 5.77. The van der Waals surface area contributed by atoms with E-state index in [1.807, 2.05) is 20.9 Å². The van der Waals surface area contributed by atoms with E-state index < -0.39 is 5.60 Å². The van der Waals surface area contributed by atoms with E-state index in [-0.39, 0.29) is 11.4 Å². The number of hydrogen-bond acceptors (Lipinski definition) is 3. The van der Waals surface area contributed by atoms with Gasteiger partial charge in [-0.2, -0.15) is 0 Å². The number of nitrogens with one attached hydrogen (secondary N) is 2. The van der Waals surface area contributed by atoms with E-state index in [9.17, 15) is 9.90 Å². The number of hydrogen-bond donors (Lipinski definition) is 3. The second-order valence-corrected chi connectivity index (χ2v) is 5.98. The lowest BCUT2D eigenvalue weighted by atomic mass is 9.79. The van der Waals surface area contributed by atoms with Crippen molar-refractivity contribution < 1.29 is 9.90 Å². The van der Waals surface area contributed by atoms with Crippen LogP contribution in [0.1, 0.15) is 65.2 Å². The van der Waals surface area contributed by atoms with Crippen molar-refractivity contribution in [2.45, 2.75) is 76.4 Å². The molecule has 1 saturated carbocycles. The normalized spacial score (nSPS) is 19.2. The van der Waals surface area contributed by atoms with Crippen LogP contribution in [0.25, 0.3) is 0 Å². The van der Waals surface area contributed by atoms with Crippen molar-refractivity contribution in [3.05, 3.63) is 0 Å². The van der Waals surface area contributed by atoms with Gasteiger partial charge in [-0.25, -0.2) is 0 Å². The molecular formula is C15H30N2O2. The van der Waals surface area contributed by atoms with Crippen molar-refractivity contribution in [3.8, 4) is 0 Å². The standard InChI is InChI=1S/C15H30N2O2/c1-4-15(19,5-2)12-17-13(18)11-14(16-3)9-7-6-8-10-14/h16,19H,4-12H2,1-3H3,(H,17,18). The van der Waals surface area contributed by atoms with Gasteiger partial charge in [0.15, 0.2) is 0 Å². The smallest absolute Gasteiger partial charge is 0.221 e. The molecule has 1 aliphatic carbocycles. The maximum atomic E-state index is 12.1. The lowest BCUT2D eigenvalue weighted by Crippen LogP contribution is -2.50. The van der Waals surface area contributed by atoms with E-state index in [0.717, 1.165) is 12.8 Å². The summed E-state index contributed by atoms with van der Waals surface area (Å²) in [5, 5.41) is 16.4. The first-order valence-electron chi connectivity index (χ1n) is 7.67. The first-order valence-corrected chi connectivity index (χ1v) is 7.67. The van der Waals surface area contributed by atoms with E-state index in [4.69, 9.17) is 0 Å². The summed E-state index contributed by atoms with van der Waals surface area (Å²) in [6.07, 6.45) is 7.67. The minimum atomic E-state index is -0.755. The van der Waals surface area contributed by atoms with Crippen LogP contribution in [0.2, 0.25) is 0 Å². The Kier molecular flexibility index (Phi) is 6.27. The Morgan fingerprint density at radius 2 is 1.79 bits per heavy atom. The predicted molar refractivity (Wildman–Crippen MR) is 78.0 cm³/mol. The van der Waals surface area contributed by atoms with E-state index in [0.29, 0.717) is 25.8 Å². The lowest BCUT2D eigenvalue weighted by Gasteiger charge is -2.37. The molecule has 3 N–H and O–H groups in total. The molecular weight excluding hydrogens is 240 g/mol. The molecule has 19 heavy (non-hydrogen) atoms. The molecule has 0 aromatic heterocycles. The van der Waals surface area contributed by atoms with Crippen molar-refractivity contribution in [1.29, 1.82) is 0 Å². The monoisotopic (exact) mass is 270 g/mol. The van der Waals surface area contributed by atoms with Crippen molar-refractivity contribution in [2.24, 2.45) is 0 Å². The topological polar surface area (TPSA) is 61.4 Å². The number of amides is 1. The molecule has 0 aliphatic heterocycles. The van der Waals surface area contributed by atoms with E-state index in [1.165, 1.54) is 19.3 Å². The maximum Gasteiger partial charge on any atom is 0.221 e. The van der Waals surface area contributed by atoms with Crippen LogP contribution in [0, 0.1) is 0 Å². The van der Waals surface area contributed by atoms with Crippen LogP contribution in [0.15, 0.2) is 0 Å². The van der Waals surface area contributed by atoms with Crippen molar-refractivity contribution in [1.82, 2.24) is 10.6 Å². The van der Waals surface area contributed by atoms with E-state index >= 15 is 0 Å². The number of carbonyl (C=O) groups excluding carboxylic acids is 1. The molecule has 1 rings (SSSR count). The molecule has 1 amide bonds. The Morgan fingerprint density at radius 1 is 1.21 bits per heavy atom. The van der Waals surface area contributed by atoms with Gasteiger partial charge in [0.25, 0.3) is 0 Å². The van der Waals surface area contributed by atoms with Crippen LogP contribution in [0.4, 0.5) is 0 Å². The molecule has 0 saturated heterocycles. The summed E-state index contributed by atoms with van der Waals surface area (Å²) < 4.78 is 0. The van der Waals surface area contributed by atoms with Gasteiger partial charge in [-0.05, 0) is 32.7 Å². The number of carbonyl (C=O) groups is 1. The highest BCUT2D eigenvalue weighted by Gasteiger charge is 2.33. The third kappa shape index (κ3) is 4.77. The highest BCUT2D eigenvalue weighted by atomic mass is 16.3. The molecule has 1 fully saturated rings. The fourth-order valence-corrected chi connectivity index (χ4v) is 2.88. The van der Waals surface area contributed by atoms with Gasteiger partial charge in [-0.3, -0.25) is 4.79 Å². The summed E-state index contributed by atoms with van der Waals surface area (Å²) in [4.78, 5) is 12.1. The Hall–Kier alpha value is -0.610. The molecule has 0 unspecified atom stereocenters. The molecule has 0 aromatic rings. The highest BCUT2D eigenvalue weighted by Crippen LogP contribution is 2.30. The van der Waals surface area contributed by atoms with E-state index in [1.54, 1.807) is 0 Å². The number of rotatable bonds is 7. The predicted octanol–water partition coefficient (Wildman–Crippen LogP) is 1.97. The van der Waals surface area contributed by atoms with Crippen LogP contribution in [0.5, 0.6) is 0 Å². The minimum Gasteiger partial charge on any atom is -0.388 e. The van der Waals surface area contributed by atoms with Gasteiger partial charge < -0.3 is 15.7 Å². The quantitative estimate of drug-likeness (QED) is 0.663. The Balaban J connectivity index is 2.45. The summed E-state index contributed by atoms with van der Waals surface area (Å²) >= 11 is 0. The fraction of sp³-hybridized carbons (Fsp3) is 0.933. The zero-order valence-corrected chi connectivity index (χ0v) is 12.7. The van der Waals surface area contributed by atoms with Gasteiger partial charge in [0, 0.05) is 18.5 Å². The second-order valence-electron chi connectivity index (χ2n) is 5.98. The van der Waals surface area contributed by atoms with Crippen molar-refractivity contribution in [2.75, 3.05) is 13.6 Å². The molecule has 0 heterocycles. The molecule has 0 bridgehead atoms.